The zero-order valence-electron chi connectivity index (χ0n) is 11.0. The Morgan fingerprint density at radius 2 is 2.05 bits per heavy atom. The molecule has 2 aromatic rings. The minimum absolute atomic E-state index is 0.0538. The van der Waals surface area contributed by atoms with Gasteiger partial charge in [-0.1, -0.05) is 26.0 Å². The molecule has 1 N–H and O–H groups in total. The molecule has 0 bridgehead atoms. The molecule has 0 unspecified atom stereocenters. The van der Waals surface area contributed by atoms with Crippen molar-refractivity contribution in [1.82, 2.24) is 9.78 Å². The summed E-state index contributed by atoms with van der Waals surface area (Å²) in [6.45, 7) is 3.64. The largest absolute Gasteiger partial charge is 0.478 e. The van der Waals surface area contributed by atoms with E-state index in [0.29, 0.717) is 5.69 Å². The van der Waals surface area contributed by atoms with Gasteiger partial charge in [-0.15, -0.1) is 0 Å². The molecule has 1 heterocycles. The third-order valence-electron chi connectivity index (χ3n) is 2.85. The maximum absolute atomic E-state index is 11.2. The summed E-state index contributed by atoms with van der Waals surface area (Å²) in [4.78, 5) is 21.7. The highest BCUT2D eigenvalue weighted by Gasteiger charge is 2.21. The number of benzene rings is 1. The van der Waals surface area contributed by atoms with Crippen molar-refractivity contribution in [3.05, 3.63) is 51.8 Å². The Kier molecular flexibility index (Phi) is 3.51. The van der Waals surface area contributed by atoms with E-state index in [1.807, 2.05) is 13.8 Å². The first kappa shape index (κ1) is 13.7. The van der Waals surface area contributed by atoms with Crippen molar-refractivity contribution in [2.24, 2.45) is 0 Å². The number of nitro benzene ring substituents is 1. The molecule has 0 spiro atoms. The van der Waals surface area contributed by atoms with Crippen molar-refractivity contribution in [1.29, 1.82) is 0 Å². The average Bonchev–Trinajstić information content (AvgIpc) is 2.83. The quantitative estimate of drug-likeness (QED) is 0.683. The van der Waals surface area contributed by atoms with Crippen LogP contribution in [-0.4, -0.2) is 25.8 Å². The van der Waals surface area contributed by atoms with Crippen LogP contribution in [0.3, 0.4) is 0 Å². The molecule has 0 radical (unpaired) electrons. The van der Waals surface area contributed by atoms with E-state index in [1.165, 1.54) is 23.0 Å². The molecule has 1 aromatic carbocycles. The summed E-state index contributed by atoms with van der Waals surface area (Å²) >= 11 is 0. The Labute approximate surface area is 114 Å². The topological polar surface area (TPSA) is 98.3 Å². The molecule has 0 aliphatic heterocycles. The minimum Gasteiger partial charge on any atom is -0.478 e. The highest BCUT2D eigenvalue weighted by atomic mass is 16.6. The zero-order chi connectivity index (χ0) is 14.9. The maximum atomic E-state index is 11.2. The summed E-state index contributed by atoms with van der Waals surface area (Å²) in [6.07, 6.45) is 1.31. The van der Waals surface area contributed by atoms with Gasteiger partial charge in [-0.05, 0) is 12.0 Å². The normalized spacial score (nSPS) is 10.8. The first-order valence-electron chi connectivity index (χ1n) is 5.98. The molecule has 0 atom stereocenters. The lowest BCUT2D eigenvalue weighted by Crippen LogP contribution is -2.02. The molecule has 7 heteroatoms. The molecule has 20 heavy (non-hydrogen) atoms. The second-order valence-electron chi connectivity index (χ2n) is 4.58. The lowest BCUT2D eigenvalue weighted by atomic mass is 10.1. The Morgan fingerprint density at radius 3 is 2.55 bits per heavy atom. The third-order valence-corrected chi connectivity index (χ3v) is 2.85. The molecule has 1 aromatic heterocycles. The van der Waals surface area contributed by atoms with Gasteiger partial charge < -0.3 is 5.11 Å². The number of hydrogen-bond acceptors (Lipinski definition) is 4. The number of para-hydroxylation sites is 2. The molecule has 0 saturated heterocycles. The maximum Gasteiger partial charge on any atom is 0.339 e. The minimum atomic E-state index is -1.10. The van der Waals surface area contributed by atoms with Crippen LogP contribution in [0.1, 0.15) is 35.8 Å². The van der Waals surface area contributed by atoms with Gasteiger partial charge in [0.25, 0.3) is 5.69 Å². The van der Waals surface area contributed by atoms with Gasteiger partial charge in [0.05, 0.1) is 10.6 Å². The lowest BCUT2D eigenvalue weighted by Gasteiger charge is -2.03. The molecule has 2 rings (SSSR count). The van der Waals surface area contributed by atoms with E-state index in [2.05, 4.69) is 5.10 Å². The van der Waals surface area contributed by atoms with Crippen LogP contribution in [0.2, 0.25) is 0 Å². The second kappa shape index (κ2) is 5.12. The molecule has 0 saturated carbocycles. The van der Waals surface area contributed by atoms with E-state index in [4.69, 9.17) is 5.11 Å². The Hall–Kier alpha value is -2.70. The summed E-state index contributed by atoms with van der Waals surface area (Å²) in [7, 11) is 0. The Morgan fingerprint density at radius 1 is 1.40 bits per heavy atom. The smallest absolute Gasteiger partial charge is 0.339 e. The fourth-order valence-electron chi connectivity index (χ4n) is 1.91. The van der Waals surface area contributed by atoms with Crippen molar-refractivity contribution in [3.8, 4) is 5.69 Å². The van der Waals surface area contributed by atoms with E-state index in [1.54, 1.807) is 12.1 Å². The van der Waals surface area contributed by atoms with Gasteiger partial charge in [0, 0.05) is 12.3 Å². The van der Waals surface area contributed by atoms with Crippen molar-refractivity contribution in [3.63, 3.8) is 0 Å². The number of hydrogen-bond donors (Lipinski definition) is 1. The van der Waals surface area contributed by atoms with Crippen LogP contribution in [0.15, 0.2) is 30.5 Å². The monoisotopic (exact) mass is 275 g/mol. The molecule has 7 nitrogen and oxygen atoms in total. The van der Waals surface area contributed by atoms with E-state index in [9.17, 15) is 14.9 Å². The lowest BCUT2D eigenvalue weighted by molar-refractivity contribution is -0.384. The molecule has 0 aliphatic carbocycles. The van der Waals surface area contributed by atoms with E-state index in [0.717, 1.165) is 0 Å². The van der Waals surface area contributed by atoms with Gasteiger partial charge in [-0.25, -0.2) is 9.48 Å². The predicted octanol–water partition coefficient (Wildman–Crippen LogP) is 2.60. The predicted molar refractivity (Wildman–Crippen MR) is 71.3 cm³/mol. The van der Waals surface area contributed by atoms with Gasteiger partial charge >= 0.3 is 5.97 Å². The summed E-state index contributed by atoms with van der Waals surface area (Å²) < 4.78 is 1.25. The van der Waals surface area contributed by atoms with E-state index < -0.39 is 10.9 Å². The zero-order valence-corrected chi connectivity index (χ0v) is 11.0. The SMILES string of the molecule is CC(C)c1nn(-c2ccccc2[N+](=O)[O-])cc1C(=O)O. The Bertz CT molecular complexity index is 676. The number of aromatic nitrogens is 2. The van der Waals surface area contributed by atoms with Gasteiger partial charge in [0.15, 0.2) is 0 Å². The number of nitrogens with zero attached hydrogens (tertiary/aromatic N) is 3. The molecule has 0 aliphatic rings. The number of carboxylic acid groups (broad SMARTS) is 1. The van der Waals surface area contributed by atoms with Gasteiger partial charge in [-0.2, -0.15) is 5.10 Å². The summed E-state index contributed by atoms with van der Waals surface area (Å²) in [5.74, 6) is -1.19. The third kappa shape index (κ3) is 2.37. The molecular formula is C13H13N3O4. The van der Waals surface area contributed by atoms with Gasteiger partial charge in [-0.3, -0.25) is 10.1 Å². The summed E-state index contributed by atoms with van der Waals surface area (Å²) in [6, 6.07) is 6.07. The number of carbonyl (C=O) groups is 1. The highest BCUT2D eigenvalue weighted by molar-refractivity contribution is 5.89. The molecule has 0 fully saturated rings. The van der Waals surface area contributed by atoms with Crippen LogP contribution < -0.4 is 0 Å². The van der Waals surface area contributed by atoms with Gasteiger partial charge in [0.1, 0.15) is 11.3 Å². The van der Waals surface area contributed by atoms with E-state index in [-0.39, 0.29) is 22.9 Å². The number of nitro groups is 1. The van der Waals surface area contributed by atoms with Gasteiger partial charge in [0.2, 0.25) is 0 Å². The Balaban J connectivity index is 2.63. The second-order valence-corrected chi connectivity index (χ2v) is 4.58. The molecule has 0 amide bonds. The van der Waals surface area contributed by atoms with E-state index >= 15 is 0 Å². The van der Waals surface area contributed by atoms with Crippen LogP contribution in [0.4, 0.5) is 5.69 Å². The highest BCUT2D eigenvalue weighted by Crippen LogP contribution is 2.25. The first-order valence-corrected chi connectivity index (χ1v) is 5.98. The van der Waals surface area contributed by atoms with Crippen LogP contribution in [0.5, 0.6) is 0 Å². The number of aromatic carboxylic acids is 1. The fourth-order valence-corrected chi connectivity index (χ4v) is 1.91. The van der Waals surface area contributed by atoms with Crippen molar-refractivity contribution in [2.75, 3.05) is 0 Å². The number of carboxylic acids is 1. The fraction of sp³-hybridized carbons (Fsp3) is 0.231. The van der Waals surface area contributed by atoms with Crippen molar-refractivity contribution in [2.45, 2.75) is 19.8 Å². The van der Waals surface area contributed by atoms with Crippen LogP contribution in [0, 0.1) is 10.1 Å². The van der Waals surface area contributed by atoms with Crippen molar-refractivity contribution < 1.29 is 14.8 Å². The first-order chi connectivity index (χ1) is 9.41. The average molecular weight is 275 g/mol. The van der Waals surface area contributed by atoms with Crippen molar-refractivity contribution >= 4 is 11.7 Å². The molecule has 104 valence electrons. The standard InChI is InChI=1S/C13H13N3O4/c1-8(2)12-9(13(17)18)7-15(14-12)10-5-3-4-6-11(10)16(19)20/h3-8H,1-2H3,(H,17,18). The number of rotatable bonds is 4. The van der Waals surface area contributed by atoms with Crippen LogP contribution in [0.25, 0.3) is 5.69 Å². The summed E-state index contributed by atoms with van der Waals surface area (Å²) in [5.41, 5.74) is 0.572. The summed E-state index contributed by atoms with van der Waals surface area (Å²) in [5, 5.41) is 24.3. The van der Waals surface area contributed by atoms with Crippen LogP contribution in [-0.2, 0) is 0 Å². The molecular weight excluding hydrogens is 262 g/mol. The van der Waals surface area contributed by atoms with Crippen LogP contribution >= 0.6 is 0 Å².